The fourth-order valence-electron chi connectivity index (χ4n) is 1.41. The quantitative estimate of drug-likeness (QED) is 0.669. The SMILES string of the molecule is Cc1c(CNS(=O)(=O)CCCCN)cnn1C. The fourth-order valence-corrected chi connectivity index (χ4v) is 2.52. The van der Waals surface area contributed by atoms with Gasteiger partial charge in [0.2, 0.25) is 10.0 Å². The van der Waals surface area contributed by atoms with Crippen molar-refractivity contribution in [1.29, 1.82) is 0 Å². The lowest BCUT2D eigenvalue weighted by Crippen LogP contribution is -2.26. The first-order valence-electron chi connectivity index (χ1n) is 5.61. The standard InChI is InChI=1S/C10H20N4O2S/c1-9-10(7-12-14(9)2)8-13-17(15,16)6-4-3-5-11/h7,13H,3-6,8,11H2,1-2H3. The summed E-state index contributed by atoms with van der Waals surface area (Å²) in [7, 11) is -1.37. The summed E-state index contributed by atoms with van der Waals surface area (Å²) in [5.41, 5.74) is 7.18. The predicted molar refractivity (Wildman–Crippen MR) is 66.9 cm³/mol. The molecule has 1 rings (SSSR count). The van der Waals surface area contributed by atoms with E-state index < -0.39 is 10.0 Å². The Kier molecular flexibility index (Phi) is 5.10. The second-order valence-electron chi connectivity index (χ2n) is 4.01. The highest BCUT2D eigenvalue weighted by atomic mass is 32.2. The largest absolute Gasteiger partial charge is 0.330 e. The summed E-state index contributed by atoms with van der Waals surface area (Å²) in [5.74, 6) is 0.128. The zero-order valence-corrected chi connectivity index (χ0v) is 11.1. The summed E-state index contributed by atoms with van der Waals surface area (Å²) < 4.78 is 27.5. The van der Waals surface area contributed by atoms with Crippen molar-refractivity contribution in [2.45, 2.75) is 26.3 Å². The van der Waals surface area contributed by atoms with E-state index in [0.717, 1.165) is 17.7 Å². The maximum atomic E-state index is 11.6. The number of hydrogen-bond acceptors (Lipinski definition) is 4. The molecule has 6 nitrogen and oxygen atoms in total. The van der Waals surface area contributed by atoms with Crippen LogP contribution < -0.4 is 10.5 Å². The Balaban J connectivity index is 2.47. The van der Waals surface area contributed by atoms with Gasteiger partial charge in [0.25, 0.3) is 0 Å². The Morgan fingerprint density at radius 2 is 2.18 bits per heavy atom. The molecule has 3 N–H and O–H groups in total. The van der Waals surface area contributed by atoms with Crippen molar-refractivity contribution in [2.24, 2.45) is 12.8 Å². The highest BCUT2D eigenvalue weighted by molar-refractivity contribution is 7.89. The first-order chi connectivity index (χ1) is 7.96. The maximum absolute atomic E-state index is 11.6. The third-order valence-electron chi connectivity index (χ3n) is 2.69. The van der Waals surface area contributed by atoms with Gasteiger partial charge < -0.3 is 5.73 Å². The van der Waals surface area contributed by atoms with Crippen LogP contribution in [0, 0.1) is 6.92 Å². The fraction of sp³-hybridized carbons (Fsp3) is 0.700. The van der Waals surface area contributed by atoms with Crippen LogP contribution in [0.2, 0.25) is 0 Å². The Morgan fingerprint density at radius 3 is 2.71 bits per heavy atom. The van der Waals surface area contributed by atoms with Crippen molar-refractivity contribution >= 4 is 10.0 Å². The Bertz CT molecular complexity index is 453. The number of nitrogens with zero attached hydrogens (tertiary/aromatic N) is 2. The van der Waals surface area contributed by atoms with Gasteiger partial charge in [0.15, 0.2) is 0 Å². The zero-order valence-electron chi connectivity index (χ0n) is 10.3. The first kappa shape index (κ1) is 14.1. The molecule has 0 amide bonds. The maximum Gasteiger partial charge on any atom is 0.211 e. The molecule has 1 aromatic rings. The molecule has 7 heteroatoms. The number of rotatable bonds is 7. The summed E-state index contributed by atoms with van der Waals surface area (Å²) in [5, 5.41) is 4.06. The van der Waals surface area contributed by atoms with Gasteiger partial charge in [-0.15, -0.1) is 0 Å². The molecule has 0 aliphatic rings. The summed E-state index contributed by atoms with van der Waals surface area (Å²) in [6.45, 7) is 2.73. The molecule has 0 saturated carbocycles. The summed E-state index contributed by atoms with van der Waals surface area (Å²) >= 11 is 0. The van der Waals surface area contributed by atoms with E-state index in [1.807, 2.05) is 14.0 Å². The molecule has 0 aromatic carbocycles. The Hall–Kier alpha value is -0.920. The van der Waals surface area contributed by atoms with E-state index in [9.17, 15) is 8.42 Å². The van der Waals surface area contributed by atoms with Crippen LogP contribution in [0.3, 0.4) is 0 Å². The van der Waals surface area contributed by atoms with Gasteiger partial charge in [-0.05, 0) is 26.3 Å². The molecule has 0 saturated heterocycles. The van der Waals surface area contributed by atoms with Crippen LogP contribution in [-0.4, -0.2) is 30.5 Å². The minimum Gasteiger partial charge on any atom is -0.330 e. The monoisotopic (exact) mass is 260 g/mol. The Morgan fingerprint density at radius 1 is 1.47 bits per heavy atom. The van der Waals surface area contributed by atoms with Crippen LogP contribution in [0.1, 0.15) is 24.1 Å². The molecule has 0 unspecified atom stereocenters. The van der Waals surface area contributed by atoms with Crippen molar-refractivity contribution < 1.29 is 8.42 Å². The van der Waals surface area contributed by atoms with Crippen LogP contribution in [0.25, 0.3) is 0 Å². The molecule has 1 heterocycles. The van der Waals surface area contributed by atoms with Gasteiger partial charge in [0.05, 0.1) is 11.9 Å². The lowest BCUT2D eigenvalue weighted by molar-refractivity contribution is 0.577. The van der Waals surface area contributed by atoms with Gasteiger partial charge in [0, 0.05) is 24.8 Å². The first-order valence-corrected chi connectivity index (χ1v) is 7.26. The molecule has 0 fully saturated rings. The Labute approximate surface area is 102 Å². The summed E-state index contributed by atoms with van der Waals surface area (Å²) in [4.78, 5) is 0. The zero-order chi connectivity index (χ0) is 12.9. The van der Waals surface area contributed by atoms with Crippen molar-refractivity contribution in [3.05, 3.63) is 17.5 Å². The van der Waals surface area contributed by atoms with Crippen molar-refractivity contribution in [2.75, 3.05) is 12.3 Å². The van der Waals surface area contributed by atoms with Crippen LogP contribution in [0.5, 0.6) is 0 Å². The van der Waals surface area contributed by atoms with Crippen LogP contribution in [0.15, 0.2) is 6.20 Å². The third-order valence-corrected chi connectivity index (χ3v) is 4.10. The molecule has 0 atom stereocenters. The second-order valence-corrected chi connectivity index (χ2v) is 5.94. The van der Waals surface area contributed by atoms with E-state index in [0.29, 0.717) is 19.5 Å². The molecular formula is C10H20N4O2S. The van der Waals surface area contributed by atoms with Crippen LogP contribution >= 0.6 is 0 Å². The molecule has 98 valence electrons. The lowest BCUT2D eigenvalue weighted by Gasteiger charge is -2.06. The van der Waals surface area contributed by atoms with Crippen molar-refractivity contribution in [3.63, 3.8) is 0 Å². The molecule has 0 radical (unpaired) electrons. The van der Waals surface area contributed by atoms with Crippen molar-refractivity contribution in [3.8, 4) is 0 Å². The number of nitrogens with one attached hydrogen (secondary N) is 1. The minimum absolute atomic E-state index is 0.128. The molecule has 0 bridgehead atoms. The highest BCUT2D eigenvalue weighted by Gasteiger charge is 2.11. The van der Waals surface area contributed by atoms with Gasteiger partial charge >= 0.3 is 0 Å². The number of nitrogens with two attached hydrogens (primary N) is 1. The number of unbranched alkanes of at least 4 members (excludes halogenated alkanes) is 1. The van der Waals surface area contributed by atoms with E-state index in [-0.39, 0.29) is 5.75 Å². The summed E-state index contributed by atoms with van der Waals surface area (Å²) in [6.07, 6.45) is 3.00. The molecule has 0 aliphatic heterocycles. The summed E-state index contributed by atoms with van der Waals surface area (Å²) in [6, 6.07) is 0. The van der Waals surface area contributed by atoms with Crippen LogP contribution in [-0.2, 0) is 23.6 Å². The van der Waals surface area contributed by atoms with Crippen molar-refractivity contribution in [1.82, 2.24) is 14.5 Å². The third kappa shape index (κ3) is 4.45. The van der Waals surface area contributed by atoms with E-state index in [1.165, 1.54) is 0 Å². The van der Waals surface area contributed by atoms with Gasteiger partial charge in [-0.1, -0.05) is 0 Å². The molecule has 17 heavy (non-hydrogen) atoms. The number of sulfonamides is 1. The van der Waals surface area contributed by atoms with Gasteiger partial charge in [-0.3, -0.25) is 4.68 Å². The van der Waals surface area contributed by atoms with Gasteiger partial charge in [-0.25, -0.2) is 13.1 Å². The van der Waals surface area contributed by atoms with E-state index >= 15 is 0 Å². The average Bonchev–Trinajstić information content (AvgIpc) is 2.58. The smallest absolute Gasteiger partial charge is 0.211 e. The number of aromatic nitrogens is 2. The molecule has 0 spiro atoms. The van der Waals surface area contributed by atoms with Crippen LogP contribution in [0.4, 0.5) is 0 Å². The lowest BCUT2D eigenvalue weighted by atomic mass is 10.3. The van der Waals surface area contributed by atoms with E-state index in [2.05, 4.69) is 9.82 Å². The molecular weight excluding hydrogens is 240 g/mol. The van der Waals surface area contributed by atoms with Gasteiger partial charge in [0.1, 0.15) is 0 Å². The molecule has 0 aliphatic carbocycles. The van der Waals surface area contributed by atoms with E-state index in [4.69, 9.17) is 5.73 Å². The minimum atomic E-state index is -3.20. The van der Waals surface area contributed by atoms with Gasteiger partial charge in [-0.2, -0.15) is 5.10 Å². The number of aryl methyl sites for hydroxylation is 1. The average molecular weight is 260 g/mol. The highest BCUT2D eigenvalue weighted by Crippen LogP contribution is 2.05. The predicted octanol–water partition coefficient (Wildman–Crippen LogP) is -0.113. The molecule has 1 aromatic heterocycles. The second kappa shape index (κ2) is 6.13. The normalized spacial score (nSPS) is 11.9. The number of hydrogen-bond donors (Lipinski definition) is 2. The topological polar surface area (TPSA) is 90.0 Å². The van der Waals surface area contributed by atoms with E-state index in [1.54, 1.807) is 10.9 Å².